The third kappa shape index (κ3) is 6.38. The molecule has 2 aliphatic rings. The summed E-state index contributed by atoms with van der Waals surface area (Å²) in [7, 11) is 1.30. The molecule has 2 aromatic carbocycles. The Balaban J connectivity index is 1.39. The lowest BCUT2D eigenvalue weighted by atomic mass is 9.77. The van der Waals surface area contributed by atoms with Gasteiger partial charge in [0.15, 0.2) is 5.41 Å². The predicted molar refractivity (Wildman–Crippen MR) is 161 cm³/mol. The van der Waals surface area contributed by atoms with Crippen molar-refractivity contribution in [3.63, 3.8) is 0 Å². The van der Waals surface area contributed by atoms with Gasteiger partial charge in [-0.1, -0.05) is 48.5 Å². The zero-order valence-corrected chi connectivity index (χ0v) is 25.1. The second kappa shape index (κ2) is 12.1. The number of H-pyrrole nitrogens is 1. The molecular formula is C33H40N4O6. The van der Waals surface area contributed by atoms with Gasteiger partial charge in [0.05, 0.1) is 13.2 Å². The second-order valence-corrected chi connectivity index (χ2v) is 12.5. The molecule has 2 saturated heterocycles. The predicted octanol–water partition coefficient (Wildman–Crippen LogP) is 3.89. The molecule has 3 heterocycles. The molecule has 2 fully saturated rings. The zero-order chi connectivity index (χ0) is 30.8. The molecule has 4 atom stereocenters. The molecule has 1 aromatic heterocycles. The minimum atomic E-state index is -1.37. The van der Waals surface area contributed by atoms with Crippen LogP contribution in [0.2, 0.25) is 0 Å². The molecule has 3 amide bonds. The number of aromatic nitrogens is 1. The van der Waals surface area contributed by atoms with Crippen molar-refractivity contribution < 1.29 is 28.7 Å². The molecule has 2 aliphatic heterocycles. The van der Waals surface area contributed by atoms with Crippen LogP contribution in [-0.2, 0) is 36.7 Å². The first-order valence-electron chi connectivity index (χ1n) is 14.8. The Morgan fingerprint density at radius 3 is 2.53 bits per heavy atom. The van der Waals surface area contributed by atoms with Crippen molar-refractivity contribution in [2.24, 2.45) is 5.41 Å². The SMILES string of the molecule is COC(=O)[C@]1(Cc2ccccc2)C[C@H]2[C@H](NC(=O)[C@H](Cc3c[nH]c4ccccc34)NC(=O)OC(C)(C)C)CCCN2C1=O. The minimum Gasteiger partial charge on any atom is -0.468 e. The number of carbonyl (C=O) groups is 4. The number of benzene rings is 2. The third-order valence-corrected chi connectivity index (χ3v) is 8.37. The van der Waals surface area contributed by atoms with Crippen molar-refractivity contribution in [3.8, 4) is 0 Å². The first kappa shape index (κ1) is 30.1. The number of hydrogen-bond acceptors (Lipinski definition) is 6. The molecule has 10 nitrogen and oxygen atoms in total. The smallest absolute Gasteiger partial charge is 0.408 e. The van der Waals surface area contributed by atoms with Crippen molar-refractivity contribution in [1.29, 1.82) is 0 Å². The molecule has 43 heavy (non-hydrogen) atoms. The molecule has 10 heteroatoms. The molecular weight excluding hydrogens is 548 g/mol. The van der Waals surface area contributed by atoms with Crippen LogP contribution in [0.5, 0.6) is 0 Å². The Hall–Kier alpha value is -4.34. The van der Waals surface area contributed by atoms with Gasteiger partial charge in [-0.3, -0.25) is 14.4 Å². The van der Waals surface area contributed by atoms with E-state index in [-0.39, 0.29) is 37.1 Å². The Morgan fingerprint density at radius 2 is 1.81 bits per heavy atom. The fraction of sp³-hybridized carbons (Fsp3) is 0.455. The maximum absolute atomic E-state index is 13.9. The topological polar surface area (TPSA) is 130 Å². The highest BCUT2D eigenvalue weighted by molar-refractivity contribution is 6.05. The number of nitrogens with one attached hydrogen (secondary N) is 3. The third-order valence-electron chi connectivity index (χ3n) is 8.37. The maximum Gasteiger partial charge on any atom is 0.408 e. The molecule has 0 aliphatic carbocycles. The lowest BCUT2D eigenvalue weighted by Gasteiger charge is -2.37. The van der Waals surface area contributed by atoms with Crippen LogP contribution in [0.15, 0.2) is 60.8 Å². The van der Waals surface area contributed by atoms with Crippen LogP contribution in [-0.4, -0.2) is 71.1 Å². The van der Waals surface area contributed by atoms with Crippen molar-refractivity contribution in [3.05, 3.63) is 71.9 Å². The van der Waals surface area contributed by atoms with Crippen LogP contribution >= 0.6 is 0 Å². The number of hydrogen-bond donors (Lipinski definition) is 3. The number of methoxy groups -OCH3 is 1. The minimum absolute atomic E-state index is 0.219. The average Bonchev–Trinajstić information content (AvgIpc) is 3.51. The van der Waals surface area contributed by atoms with E-state index < -0.39 is 35.2 Å². The highest BCUT2D eigenvalue weighted by Gasteiger charge is 2.59. The first-order chi connectivity index (χ1) is 20.5. The Labute approximate surface area is 251 Å². The molecule has 0 spiro atoms. The number of para-hydroxylation sites is 1. The fourth-order valence-electron chi connectivity index (χ4n) is 6.44. The average molecular weight is 589 g/mol. The number of rotatable bonds is 8. The summed E-state index contributed by atoms with van der Waals surface area (Å²) in [4.78, 5) is 58.8. The highest BCUT2D eigenvalue weighted by Crippen LogP contribution is 2.43. The van der Waals surface area contributed by atoms with Gasteiger partial charge in [0.25, 0.3) is 0 Å². The summed E-state index contributed by atoms with van der Waals surface area (Å²) in [5, 5.41) is 6.86. The number of nitrogens with zero attached hydrogens (tertiary/aromatic N) is 1. The molecule has 3 aromatic rings. The van der Waals surface area contributed by atoms with E-state index in [0.29, 0.717) is 19.4 Å². The van der Waals surface area contributed by atoms with E-state index in [1.54, 1.807) is 25.7 Å². The van der Waals surface area contributed by atoms with Gasteiger partial charge in [-0.05, 0) is 63.6 Å². The summed E-state index contributed by atoms with van der Waals surface area (Å²) >= 11 is 0. The second-order valence-electron chi connectivity index (χ2n) is 12.5. The van der Waals surface area contributed by atoms with Gasteiger partial charge in [-0.2, -0.15) is 0 Å². The van der Waals surface area contributed by atoms with E-state index in [1.807, 2.05) is 60.8 Å². The quantitative estimate of drug-likeness (QED) is 0.271. The van der Waals surface area contributed by atoms with Gasteiger partial charge in [0.1, 0.15) is 11.6 Å². The summed E-state index contributed by atoms with van der Waals surface area (Å²) in [6, 6.07) is 15.5. The van der Waals surface area contributed by atoms with E-state index in [1.165, 1.54) is 7.11 Å². The van der Waals surface area contributed by atoms with Crippen LogP contribution in [0, 0.1) is 5.41 Å². The molecule has 5 rings (SSSR count). The molecule has 0 bridgehead atoms. The van der Waals surface area contributed by atoms with Crippen LogP contribution in [0.1, 0.15) is 51.2 Å². The van der Waals surface area contributed by atoms with Gasteiger partial charge in [0.2, 0.25) is 11.8 Å². The largest absolute Gasteiger partial charge is 0.468 e. The summed E-state index contributed by atoms with van der Waals surface area (Å²) in [6.07, 6.45) is 3.13. The number of amides is 3. The molecule has 0 radical (unpaired) electrons. The van der Waals surface area contributed by atoms with E-state index in [2.05, 4.69) is 15.6 Å². The molecule has 3 N–H and O–H groups in total. The molecule has 0 unspecified atom stereocenters. The van der Waals surface area contributed by atoms with Crippen molar-refractivity contribution >= 4 is 34.8 Å². The van der Waals surface area contributed by atoms with Gasteiger partial charge < -0.3 is 30.0 Å². The zero-order valence-electron chi connectivity index (χ0n) is 25.1. The standard InChI is InChI=1S/C33H40N4O6/c1-32(2,3)43-31(41)36-26(17-22-20-34-24-14-9-8-13-23(22)24)28(38)35-25-15-10-16-37-27(25)19-33(29(37)39,30(40)42-4)18-21-11-6-5-7-12-21/h5-9,11-14,20,25-27,34H,10,15-19H2,1-4H3,(H,35,38)(H,36,41)/t25-,26+,27+,33-/m1/s1. The number of carbonyl (C=O) groups excluding carboxylic acids is 4. The van der Waals surface area contributed by atoms with Crippen LogP contribution in [0.4, 0.5) is 4.79 Å². The number of alkyl carbamates (subject to hydrolysis) is 1. The van der Waals surface area contributed by atoms with Crippen LogP contribution < -0.4 is 10.6 Å². The first-order valence-corrected chi connectivity index (χ1v) is 14.8. The maximum atomic E-state index is 13.9. The van der Waals surface area contributed by atoms with Crippen LogP contribution in [0.25, 0.3) is 10.9 Å². The molecule has 228 valence electrons. The molecule has 0 saturated carbocycles. The number of fused-ring (bicyclic) bond motifs is 2. The summed E-state index contributed by atoms with van der Waals surface area (Å²) in [5.41, 5.74) is 0.559. The lowest BCUT2D eigenvalue weighted by Crippen LogP contribution is -2.58. The van der Waals surface area contributed by atoms with E-state index >= 15 is 0 Å². The van der Waals surface area contributed by atoms with Crippen molar-refractivity contribution in [2.75, 3.05) is 13.7 Å². The fourth-order valence-corrected chi connectivity index (χ4v) is 6.44. The lowest BCUT2D eigenvalue weighted by molar-refractivity contribution is -0.159. The summed E-state index contributed by atoms with van der Waals surface area (Å²) < 4.78 is 10.7. The number of aromatic amines is 1. The van der Waals surface area contributed by atoms with Crippen LogP contribution in [0.3, 0.4) is 0 Å². The van der Waals surface area contributed by atoms with Gasteiger partial charge >= 0.3 is 12.1 Å². The Kier molecular flexibility index (Phi) is 8.48. The number of esters is 1. The van der Waals surface area contributed by atoms with Crippen molar-refractivity contribution in [2.45, 2.75) is 76.6 Å². The van der Waals surface area contributed by atoms with E-state index in [9.17, 15) is 19.2 Å². The Bertz CT molecular complexity index is 1500. The number of piperidine rings is 1. The van der Waals surface area contributed by atoms with E-state index in [0.717, 1.165) is 22.0 Å². The summed E-state index contributed by atoms with van der Waals surface area (Å²) in [5.74, 6) is -1.21. The highest BCUT2D eigenvalue weighted by atomic mass is 16.6. The monoisotopic (exact) mass is 588 g/mol. The normalized spacial score (nSPS) is 22.5. The number of ether oxygens (including phenoxy) is 2. The van der Waals surface area contributed by atoms with Crippen molar-refractivity contribution in [1.82, 2.24) is 20.5 Å². The van der Waals surface area contributed by atoms with Gasteiger partial charge in [0, 0.05) is 36.1 Å². The van der Waals surface area contributed by atoms with Gasteiger partial charge in [-0.15, -0.1) is 0 Å². The van der Waals surface area contributed by atoms with Gasteiger partial charge in [-0.25, -0.2) is 4.79 Å². The van der Waals surface area contributed by atoms with E-state index in [4.69, 9.17) is 9.47 Å². The Morgan fingerprint density at radius 1 is 1.09 bits per heavy atom. The summed E-state index contributed by atoms with van der Waals surface area (Å²) in [6.45, 7) is 5.78.